The molecule has 0 N–H and O–H groups in total. The zero-order valence-electron chi connectivity index (χ0n) is 16.8. The highest BCUT2D eigenvalue weighted by molar-refractivity contribution is 7.13. The molecule has 4 heterocycles. The Morgan fingerprint density at radius 3 is 2.70 bits per heavy atom. The molecule has 5 rings (SSSR count). The van der Waals surface area contributed by atoms with Gasteiger partial charge in [-0.1, -0.05) is 36.4 Å². The molecule has 2 saturated heterocycles. The number of hydrogen-bond donors (Lipinski definition) is 0. The van der Waals surface area contributed by atoms with Crippen LogP contribution in [0.5, 0.6) is 0 Å². The van der Waals surface area contributed by atoms with Crippen molar-refractivity contribution in [2.75, 3.05) is 26.3 Å². The quantitative estimate of drug-likeness (QED) is 0.627. The second kappa shape index (κ2) is 8.32. The molecule has 0 aliphatic carbocycles. The van der Waals surface area contributed by atoms with E-state index in [9.17, 15) is 4.79 Å². The molecule has 0 unspecified atom stereocenters. The van der Waals surface area contributed by atoms with Gasteiger partial charge in [0.2, 0.25) is 11.8 Å². The van der Waals surface area contributed by atoms with Crippen molar-refractivity contribution in [2.45, 2.75) is 37.0 Å². The molecule has 0 radical (unpaired) electrons. The molecule has 156 valence electrons. The molecule has 1 amide bonds. The van der Waals surface area contributed by atoms with E-state index in [-0.39, 0.29) is 11.8 Å². The molecule has 1 aromatic carbocycles. The van der Waals surface area contributed by atoms with E-state index in [0.717, 1.165) is 42.7 Å². The van der Waals surface area contributed by atoms with Gasteiger partial charge in [-0.2, -0.15) is 0 Å². The normalized spacial score (nSPS) is 21.5. The zero-order valence-corrected chi connectivity index (χ0v) is 17.6. The van der Waals surface area contributed by atoms with Crippen molar-refractivity contribution in [1.29, 1.82) is 0 Å². The summed E-state index contributed by atoms with van der Waals surface area (Å²) in [7, 11) is 0. The first-order chi connectivity index (χ1) is 14.8. The van der Waals surface area contributed by atoms with Crippen molar-refractivity contribution in [3.8, 4) is 10.8 Å². The molecule has 2 fully saturated rings. The number of rotatable bonds is 4. The Morgan fingerprint density at radius 1 is 1.10 bits per heavy atom. The largest absolute Gasteiger partial charge is 0.420 e. The molecular weight excluding hydrogens is 398 g/mol. The Bertz CT molecular complexity index is 980. The van der Waals surface area contributed by atoms with Crippen molar-refractivity contribution >= 4 is 17.2 Å². The van der Waals surface area contributed by atoms with E-state index < -0.39 is 5.41 Å². The number of nitrogens with zero attached hydrogens (tertiary/aromatic N) is 3. The molecular formula is C23H25N3O3S. The van der Waals surface area contributed by atoms with Crippen LogP contribution in [0, 0.1) is 0 Å². The molecule has 7 heteroatoms. The van der Waals surface area contributed by atoms with Crippen molar-refractivity contribution in [1.82, 2.24) is 15.1 Å². The minimum absolute atomic E-state index is 0.0802. The molecule has 2 aliphatic heterocycles. The summed E-state index contributed by atoms with van der Waals surface area (Å²) < 4.78 is 11.6. The Morgan fingerprint density at radius 2 is 1.93 bits per heavy atom. The van der Waals surface area contributed by atoms with Crippen LogP contribution in [-0.2, 0) is 14.9 Å². The predicted octanol–water partition coefficient (Wildman–Crippen LogP) is 4.25. The zero-order chi connectivity index (χ0) is 20.4. The first-order valence-electron chi connectivity index (χ1n) is 10.6. The fourth-order valence-corrected chi connectivity index (χ4v) is 5.31. The third-order valence-electron chi connectivity index (χ3n) is 6.31. The highest BCUT2D eigenvalue weighted by atomic mass is 32.1. The maximum absolute atomic E-state index is 13.8. The summed E-state index contributed by atoms with van der Waals surface area (Å²) in [6, 6.07) is 14.1. The van der Waals surface area contributed by atoms with Crippen LogP contribution in [0.1, 0.15) is 43.1 Å². The van der Waals surface area contributed by atoms with E-state index in [2.05, 4.69) is 22.3 Å². The fourth-order valence-electron chi connectivity index (χ4n) is 4.67. The number of hydrogen-bond acceptors (Lipinski definition) is 6. The van der Waals surface area contributed by atoms with Crippen LogP contribution in [0.4, 0.5) is 0 Å². The molecule has 1 atom stereocenters. The number of benzene rings is 1. The van der Waals surface area contributed by atoms with Gasteiger partial charge in [0.15, 0.2) is 0 Å². The SMILES string of the molecule is O=C(N1CCC[C@H](c2nnc(-c3cccs3)o2)C1)C1(c2ccccc2)CCOCC1. The Hall–Kier alpha value is -2.51. The van der Waals surface area contributed by atoms with E-state index in [1.54, 1.807) is 11.3 Å². The van der Waals surface area contributed by atoms with Crippen LogP contribution in [-0.4, -0.2) is 47.3 Å². The van der Waals surface area contributed by atoms with Crippen LogP contribution in [0.25, 0.3) is 10.8 Å². The number of thiophene rings is 1. The summed E-state index contributed by atoms with van der Waals surface area (Å²) in [5, 5.41) is 10.5. The van der Waals surface area contributed by atoms with Gasteiger partial charge in [-0.3, -0.25) is 4.79 Å². The van der Waals surface area contributed by atoms with E-state index in [1.807, 2.05) is 40.6 Å². The summed E-state index contributed by atoms with van der Waals surface area (Å²) in [5.41, 5.74) is 0.594. The topological polar surface area (TPSA) is 68.5 Å². The van der Waals surface area contributed by atoms with Crippen LogP contribution >= 0.6 is 11.3 Å². The number of ether oxygens (including phenoxy) is 1. The molecule has 2 aliphatic rings. The lowest BCUT2D eigenvalue weighted by Gasteiger charge is -2.42. The molecule has 2 aromatic heterocycles. The van der Waals surface area contributed by atoms with Gasteiger partial charge >= 0.3 is 0 Å². The lowest BCUT2D eigenvalue weighted by Crippen LogP contribution is -2.52. The predicted molar refractivity (Wildman–Crippen MR) is 114 cm³/mol. The van der Waals surface area contributed by atoms with E-state index in [0.29, 0.717) is 31.5 Å². The minimum Gasteiger partial charge on any atom is -0.420 e. The van der Waals surface area contributed by atoms with Crippen LogP contribution in [0.3, 0.4) is 0 Å². The van der Waals surface area contributed by atoms with Crippen LogP contribution < -0.4 is 0 Å². The summed E-state index contributed by atoms with van der Waals surface area (Å²) in [5.74, 6) is 1.49. The number of carbonyl (C=O) groups excluding carboxylic acids is 1. The van der Waals surface area contributed by atoms with Gasteiger partial charge in [-0.15, -0.1) is 21.5 Å². The monoisotopic (exact) mass is 423 g/mol. The number of likely N-dealkylation sites (tertiary alicyclic amines) is 1. The van der Waals surface area contributed by atoms with Gasteiger partial charge in [0.05, 0.1) is 16.2 Å². The van der Waals surface area contributed by atoms with Crippen molar-refractivity contribution in [2.24, 2.45) is 0 Å². The first-order valence-corrected chi connectivity index (χ1v) is 11.4. The van der Waals surface area contributed by atoms with Gasteiger partial charge in [-0.05, 0) is 42.7 Å². The minimum atomic E-state index is -0.502. The second-order valence-electron chi connectivity index (χ2n) is 8.07. The molecule has 3 aromatic rings. The standard InChI is InChI=1S/C23H25N3O3S/c27-22(23(10-13-28-14-11-23)18-7-2-1-3-8-18)26-12-4-6-17(16-26)20-24-25-21(29-20)19-9-5-15-30-19/h1-3,5,7-9,15,17H,4,6,10-14,16H2/t17-/m0/s1. The van der Waals surface area contributed by atoms with Gasteiger partial charge < -0.3 is 14.1 Å². The third kappa shape index (κ3) is 3.56. The van der Waals surface area contributed by atoms with Crippen molar-refractivity contribution in [3.63, 3.8) is 0 Å². The Labute approximate surface area is 179 Å². The van der Waals surface area contributed by atoms with Crippen molar-refractivity contribution in [3.05, 3.63) is 59.3 Å². The van der Waals surface area contributed by atoms with Gasteiger partial charge in [0.1, 0.15) is 0 Å². The molecule has 0 spiro atoms. The summed E-state index contributed by atoms with van der Waals surface area (Å²) >= 11 is 1.58. The number of carbonyl (C=O) groups is 1. The van der Waals surface area contributed by atoms with Crippen LogP contribution in [0.15, 0.2) is 52.3 Å². The molecule has 30 heavy (non-hydrogen) atoms. The smallest absolute Gasteiger partial charge is 0.257 e. The summed E-state index contributed by atoms with van der Waals surface area (Å²) in [4.78, 5) is 16.8. The number of piperidine rings is 1. The maximum Gasteiger partial charge on any atom is 0.257 e. The number of aromatic nitrogens is 2. The first kappa shape index (κ1) is 19.5. The second-order valence-corrected chi connectivity index (χ2v) is 9.02. The van der Waals surface area contributed by atoms with Gasteiger partial charge in [0.25, 0.3) is 5.89 Å². The number of amides is 1. The third-order valence-corrected chi connectivity index (χ3v) is 7.17. The van der Waals surface area contributed by atoms with E-state index in [1.165, 1.54) is 0 Å². The van der Waals surface area contributed by atoms with Gasteiger partial charge in [-0.25, -0.2) is 0 Å². The van der Waals surface area contributed by atoms with Crippen molar-refractivity contribution < 1.29 is 13.9 Å². The Kier molecular flexibility index (Phi) is 5.39. The fraction of sp³-hybridized carbons (Fsp3) is 0.435. The van der Waals surface area contributed by atoms with Crippen LogP contribution in [0.2, 0.25) is 0 Å². The van der Waals surface area contributed by atoms with Gasteiger partial charge in [0, 0.05) is 26.3 Å². The molecule has 0 saturated carbocycles. The summed E-state index contributed by atoms with van der Waals surface area (Å²) in [6.07, 6.45) is 3.34. The average molecular weight is 424 g/mol. The molecule has 6 nitrogen and oxygen atoms in total. The lowest BCUT2D eigenvalue weighted by atomic mass is 9.72. The molecule has 0 bridgehead atoms. The maximum atomic E-state index is 13.8. The van der Waals surface area contributed by atoms with E-state index in [4.69, 9.17) is 9.15 Å². The Balaban J connectivity index is 1.38. The highest BCUT2D eigenvalue weighted by Crippen LogP contribution is 2.39. The highest BCUT2D eigenvalue weighted by Gasteiger charge is 2.45. The summed E-state index contributed by atoms with van der Waals surface area (Å²) in [6.45, 7) is 2.63. The average Bonchev–Trinajstić information content (AvgIpc) is 3.52. The lowest BCUT2D eigenvalue weighted by molar-refractivity contribution is -0.142. The van der Waals surface area contributed by atoms with E-state index >= 15 is 0 Å².